The van der Waals surface area contributed by atoms with Crippen LogP contribution >= 0.6 is 0 Å². The number of sulfonamides is 1. The second-order valence-corrected chi connectivity index (χ2v) is 8.65. The van der Waals surface area contributed by atoms with E-state index in [1.807, 2.05) is 13.8 Å². The van der Waals surface area contributed by atoms with Gasteiger partial charge in [-0.2, -0.15) is 0 Å². The molecule has 0 radical (unpaired) electrons. The lowest BCUT2D eigenvalue weighted by atomic mass is 9.98. The fraction of sp³-hybridized carbons (Fsp3) is 0.611. The van der Waals surface area contributed by atoms with E-state index in [1.54, 1.807) is 18.2 Å². The molecule has 2 rings (SSSR count). The summed E-state index contributed by atoms with van der Waals surface area (Å²) in [7, 11) is -3.67. The summed E-state index contributed by atoms with van der Waals surface area (Å²) in [6.07, 6.45) is 1.04. The number of carbonyl (C=O) groups excluding carboxylic acids is 1. The lowest BCUT2D eigenvalue weighted by molar-refractivity contribution is -0.0871. The van der Waals surface area contributed by atoms with E-state index >= 15 is 0 Å². The van der Waals surface area contributed by atoms with Gasteiger partial charge in [-0.15, -0.1) is 0 Å². The number of aliphatic hydroxyl groups excluding tert-OH is 1. The number of amides is 2. The van der Waals surface area contributed by atoms with Gasteiger partial charge in [0.1, 0.15) is 0 Å². The lowest BCUT2D eigenvalue weighted by Crippen LogP contribution is -2.51. The Morgan fingerprint density at radius 1 is 1.26 bits per heavy atom. The smallest absolute Gasteiger partial charge is 0.314 e. The SMILES string of the molecule is CC(C)NC(=O)NCC[C@H]1CC[C@H](NS(=O)(=O)c2ccccc2)[C@@H](CO)O1. The van der Waals surface area contributed by atoms with Crippen molar-refractivity contribution in [3.8, 4) is 0 Å². The minimum atomic E-state index is -3.67. The first kappa shape index (κ1) is 21.6. The summed E-state index contributed by atoms with van der Waals surface area (Å²) < 4.78 is 33.4. The molecular weight excluding hydrogens is 370 g/mol. The molecule has 1 aromatic carbocycles. The molecule has 4 N–H and O–H groups in total. The van der Waals surface area contributed by atoms with E-state index < -0.39 is 22.2 Å². The number of aliphatic hydroxyl groups is 1. The van der Waals surface area contributed by atoms with Gasteiger partial charge in [0, 0.05) is 12.6 Å². The Bertz CT molecular complexity index is 696. The van der Waals surface area contributed by atoms with Crippen molar-refractivity contribution < 1.29 is 23.1 Å². The Kier molecular flexibility index (Phi) is 8.03. The summed E-state index contributed by atoms with van der Waals surface area (Å²) in [6.45, 7) is 3.93. The highest BCUT2D eigenvalue weighted by atomic mass is 32.2. The van der Waals surface area contributed by atoms with Crippen LogP contribution in [0.1, 0.15) is 33.1 Å². The molecule has 0 bridgehead atoms. The molecule has 0 saturated carbocycles. The monoisotopic (exact) mass is 399 g/mol. The first-order valence-corrected chi connectivity index (χ1v) is 10.7. The maximum atomic E-state index is 12.5. The van der Waals surface area contributed by atoms with E-state index in [2.05, 4.69) is 15.4 Å². The molecule has 0 unspecified atom stereocenters. The fourth-order valence-electron chi connectivity index (χ4n) is 3.01. The van der Waals surface area contributed by atoms with E-state index in [9.17, 15) is 18.3 Å². The number of hydrogen-bond donors (Lipinski definition) is 4. The van der Waals surface area contributed by atoms with Gasteiger partial charge in [0.25, 0.3) is 0 Å². The number of carbonyl (C=O) groups is 1. The van der Waals surface area contributed by atoms with Crippen molar-refractivity contribution in [3.05, 3.63) is 30.3 Å². The molecule has 1 aliphatic heterocycles. The van der Waals surface area contributed by atoms with Crippen LogP contribution in [0.25, 0.3) is 0 Å². The van der Waals surface area contributed by atoms with Crippen LogP contribution in [-0.4, -0.2) is 57.0 Å². The van der Waals surface area contributed by atoms with E-state index in [-0.39, 0.29) is 29.7 Å². The summed E-state index contributed by atoms with van der Waals surface area (Å²) in [5, 5.41) is 15.1. The summed E-state index contributed by atoms with van der Waals surface area (Å²) in [6, 6.07) is 7.46. The van der Waals surface area contributed by atoms with Crippen molar-refractivity contribution in [2.24, 2.45) is 0 Å². The van der Waals surface area contributed by atoms with Gasteiger partial charge in [0.2, 0.25) is 10.0 Å². The molecule has 1 saturated heterocycles. The van der Waals surface area contributed by atoms with Crippen LogP contribution in [0.15, 0.2) is 35.2 Å². The first-order valence-electron chi connectivity index (χ1n) is 9.20. The third-order valence-electron chi connectivity index (χ3n) is 4.33. The van der Waals surface area contributed by atoms with Crippen molar-refractivity contribution >= 4 is 16.1 Å². The zero-order valence-electron chi connectivity index (χ0n) is 15.7. The van der Waals surface area contributed by atoms with Gasteiger partial charge in [0.05, 0.1) is 29.8 Å². The molecule has 0 spiro atoms. The fourth-order valence-corrected chi connectivity index (χ4v) is 4.33. The molecule has 1 heterocycles. The molecule has 0 aromatic heterocycles. The summed E-state index contributed by atoms with van der Waals surface area (Å²) in [5.41, 5.74) is 0. The van der Waals surface area contributed by atoms with Crippen molar-refractivity contribution in [1.82, 2.24) is 15.4 Å². The molecular formula is C18H29N3O5S. The minimum Gasteiger partial charge on any atom is -0.394 e. The summed E-state index contributed by atoms with van der Waals surface area (Å²) in [5.74, 6) is 0. The maximum Gasteiger partial charge on any atom is 0.314 e. The molecule has 2 amide bonds. The van der Waals surface area contributed by atoms with E-state index in [1.165, 1.54) is 12.1 Å². The molecule has 152 valence electrons. The van der Waals surface area contributed by atoms with Gasteiger partial charge in [-0.25, -0.2) is 17.9 Å². The highest BCUT2D eigenvalue weighted by Crippen LogP contribution is 2.23. The van der Waals surface area contributed by atoms with Gasteiger partial charge in [-0.05, 0) is 45.2 Å². The Labute approximate surface area is 160 Å². The van der Waals surface area contributed by atoms with Crippen LogP contribution in [-0.2, 0) is 14.8 Å². The third-order valence-corrected chi connectivity index (χ3v) is 5.83. The van der Waals surface area contributed by atoms with Crippen LogP contribution in [0.5, 0.6) is 0 Å². The number of nitrogens with one attached hydrogen (secondary N) is 3. The predicted octanol–water partition coefficient (Wildman–Crippen LogP) is 0.971. The lowest BCUT2D eigenvalue weighted by Gasteiger charge is -2.36. The van der Waals surface area contributed by atoms with Gasteiger partial charge in [-0.1, -0.05) is 18.2 Å². The molecule has 0 aliphatic carbocycles. The predicted molar refractivity (Wildman–Crippen MR) is 102 cm³/mol. The average Bonchev–Trinajstić information content (AvgIpc) is 2.62. The van der Waals surface area contributed by atoms with E-state index in [0.29, 0.717) is 25.8 Å². The van der Waals surface area contributed by atoms with Gasteiger partial charge in [-0.3, -0.25) is 0 Å². The Morgan fingerprint density at radius 3 is 2.59 bits per heavy atom. The zero-order chi connectivity index (χ0) is 19.9. The zero-order valence-corrected chi connectivity index (χ0v) is 16.5. The normalized spacial score (nSPS) is 23.2. The minimum absolute atomic E-state index is 0.0631. The van der Waals surface area contributed by atoms with E-state index in [0.717, 1.165) is 0 Å². The highest BCUT2D eigenvalue weighted by Gasteiger charge is 2.33. The second-order valence-electron chi connectivity index (χ2n) is 6.94. The topological polar surface area (TPSA) is 117 Å². The molecule has 8 nitrogen and oxygen atoms in total. The van der Waals surface area contributed by atoms with Crippen LogP contribution in [0.4, 0.5) is 4.79 Å². The van der Waals surface area contributed by atoms with Gasteiger partial charge < -0.3 is 20.5 Å². The van der Waals surface area contributed by atoms with Gasteiger partial charge in [0.15, 0.2) is 0 Å². The highest BCUT2D eigenvalue weighted by molar-refractivity contribution is 7.89. The third kappa shape index (κ3) is 6.76. The van der Waals surface area contributed by atoms with Crippen LogP contribution < -0.4 is 15.4 Å². The van der Waals surface area contributed by atoms with Crippen molar-refractivity contribution in [2.45, 2.75) is 62.3 Å². The van der Waals surface area contributed by atoms with Crippen molar-refractivity contribution in [3.63, 3.8) is 0 Å². The van der Waals surface area contributed by atoms with Crippen molar-refractivity contribution in [2.75, 3.05) is 13.2 Å². The van der Waals surface area contributed by atoms with Crippen LogP contribution in [0, 0.1) is 0 Å². The Balaban J connectivity index is 1.85. The quantitative estimate of drug-likeness (QED) is 0.520. The summed E-state index contributed by atoms with van der Waals surface area (Å²) in [4.78, 5) is 11.8. The first-order chi connectivity index (χ1) is 12.8. The molecule has 27 heavy (non-hydrogen) atoms. The standard InChI is InChI=1S/C18H29N3O5S/c1-13(2)20-18(23)19-11-10-14-8-9-16(17(12-22)26-14)21-27(24,25)15-6-4-3-5-7-15/h3-7,13-14,16-17,21-22H,8-12H2,1-2H3,(H2,19,20,23)/t14-,16+,17-/m1/s1. The molecule has 9 heteroatoms. The van der Waals surface area contributed by atoms with Crippen molar-refractivity contribution in [1.29, 1.82) is 0 Å². The molecule has 3 atom stereocenters. The maximum absolute atomic E-state index is 12.5. The van der Waals surface area contributed by atoms with E-state index in [4.69, 9.17) is 4.74 Å². The second kappa shape index (κ2) is 10.0. The number of urea groups is 1. The Hall–Kier alpha value is -1.68. The van der Waals surface area contributed by atoms with Gasteiger partial charge >= 0.3 is 6.03 Å². The molecule has 1 aliphatic rings. The average molecular weight is 400 g/mol. The number of ether oxygens (including phenoxy) is 1. The number of benzene rings is 1. The molecule has 1 aromatic rings. The number of hydrogen-bond acceptors (Lipinski definition) is 5. The number of rotatable bonds is 8. The Morgan fingerprint density at radius 2 is 1.96 bits per heavy atom. The van der Waals surface area contributed by atoms with Crippen LogP contribution in [0.3, 0.4) is 0 Å². The largest absolute Gasteiger partial charge is 0.394 e. The van der Waals surface area contributed by atoms with Crippen LogP contribution in [0.2, 0.25) is 0 Å². The molecule has 1 fully saturated rings. The summed E-state index contributed by atoms with van der Waals surface area (Å²) >= 11 is 0.